The van der Waals surface area contributed by atoms with Crippen LogP contribution in [0.4, 0.5) is 0 Å². The molecule has 17 heavy (non-hydrogen) atoms. The average Bonchev–Trinajstić information content (AvgIpc) is 2.33. The number of nitrogens with two attached hydrogens (primary N) is 1. The van der Waals surface area contributed by atoms with Gasteiger partial charge in [-0.2, -0.15) is 0 Å². The summed E-state index contributed by atoms with van der Waals surface area (Å²) < 4.78 is 5.44. The van der Waals surface area contributed by atoms with Crippen molar-refractivity contribution >= 4 is 0 Å². The monoisotopic (exact) mass is 236 g/mol. The molecule has 0 fully saturated rings. The molecule has 0 aromatic heterocycles. The molecule has 0 spiro atoms. The zero-order valence-electron chi connectivity index (χ0n) is 11.1. The molecule has 96 valence electrons. The highest BCUT2D eigenvalue weighted by molar-refractivity contribution is 5.29. The van der Waals surface area contributed by atoms with Gasteiger partial charge in [0, 0.05) is 12.6 Å². The molecule has 0 aliphatic rings. The molecule has 3 nitrogen and oxygen atoms in total. The van der Waals surface area contributed by atoms with Crippen molar-refractivity contribution < 1.29 is 4.74 Å². The Morgan fingerprint density at radius 1 is 1.24 bits per heavy atom. The minimum atomic E-state index is 0.297. The van der Waals surface area contributed by atoms with Crippen molar-refractivity contribution in [3.63, 3.8) is 0 Å². The number of rotatable bonds is 7. The van der Waals surface area contributed by atoms with Gasteiger partial charge in [-0.3, -0.25) is 4.90 Å². The van der Waals surface area contributed by atoms with Gasteiger partial charge in [-0.05, 0) is 44.6 Å². The van der Waals surface area contributed by atoms with Gasteiger partial charge in [0.2, 0.25) is 0 Å². The molecule has 0 radical (unpaired) electrons. The lowest BCUT2D eigenvalue weighted by Gasteiger charge is -2.27. The molecule has 3 heteroatoms. The van der Waals surface area contributed by atoms with Crippen molar-refractivity contribution in [3.8, 4) is 5.75 Å². The quantitative estimate of drug-likeness (QED) is 0.790. The van der Waals surface area contributed by atoms with Crippen molar-refractivity contribution in [1.82, 2.24) is 4.90 Å². The van der Waals surface area contributed by atoms with Crippen molar-refractivity contribution in [2.45, 2.75) is 26.3 Å². The molecule has 0 heterocycles. The molecule has 0 bridgehead atoms. The molecule has 1 rings (SSSR count). The Balaban J connectivity index is 2.74. The summed E-state index contributed by atoms with van der Waals surface area (Å²) in [5.41, 5.74) is 7.12. The Labute approximate surface area is 105 Å². The number of likely N-dealkylation sites (N-methyl/N-ethyl adjacent to an activating group) is 1. The molecule has 1 atom stereocenters. The summed E-state index contributed by atoms with van der Waals surface area (Å²) in [4.78, 5) is 2.30. The maximum absolute atomic E-state index is 5.86. The van der Waals surface area contributed by atoms with Crippen LogP contribution >= 0.6 is 0 Å². The van der Waals surface area contributed by atoms with Crippen LogP contribution in [-0.2, 0) is 0 Å². The van der Waals surface area contributed by atoms with E-state index in [0.717, 1.165) is 18.7 Å². The third-order valence-corrected chi connectivity index (χ3v) is 2.91. The van der Waals surface area contributed by atoms with Crippen LogP contribution in [-0.4, -0.2) is 31.6 Å². The Kier molecular flexibility index (Phi) is 6.01. The second-order valence-corrected chi connectivity index (χ2v) is 4.23. The molecule has 0 saturated heterocycles. The fourth-order valence-corrected chi connectivity index (χ4v) is 2.03. The SMILES string of the molecule is CCCN(C)C(CN)c1ccc(OCC)cc1. The highest BCUT2D eigenvalue weighted by Crippen LogP contribution is 2.21. The fourth-order valence-electron chi connectivity index (χ4n) is 2.03. The zero-order chi connectivity index (χ0) is 12.7. The molecule has 0 aliphatic carbocycles. The number of hydrogen-bond acceptors (Lipinski definition) is 3. The van der Waals surface area contributed by atoms with E-state index in [1.807, 2.05) is 19.1 Å². The first-order valence-corrected chi connectivity index (χ1v) is 6.36. The van der Waals surface area contributed by atoms with E-state index in [1.165, 1.54) is 5.56 Å². The first-order chi connectivity index (χ1) is 8.22. The van der Waals surface area contributed by atoms with E-state index in [9.17, 15) is 0 Å². The lowest BCUT2D eigenvalue weighted by Crippen LogP contribution is -2.31. The van der Waals surface area contributed by atoms with Gasteiger partial charge in [-0.25, -0.2) is 0 Å². The third kappa shape index (κ3) is 4.02. The van der Waals surface area contributed by atoms with Crippen molar-refractivity contribution in [3.05, 3.63) is 29.8 Å². The number of hydrogen-bond donors (Lipinski definition) is 1. The first-order valence-electron chi connectivity index (χ1n) is 6.36. The van der Waals surface area contributed by atoms with Crippen LogP contribution in [0.1, 0.15) is 31.9 Å². The summed E-state index contributed by atoms with van der Waals surface area (Å²) in [6.45, 7) is 6.59. The normalized spacial score (nSPS) is 12.8. The van der Waals surface area contributed by atoms with E-state index in [1.54, 1.807) is 0 Å². The maximum Gasteiger partial charge on any atom is 0.119 e. The number of ether oxygens (including phenoxy) is 1. The van der Waals surface area contributed by atoms with Gasteiger partial charge in [0.1, 0.15) is 5.75 Å². The Hall–Kier alpha value is -1.06. The van der Waals surface area contributed by atoms with Gasteiger partial charge in [-0.15, -0.1) is 0 Å². The van der Waals surface area contributed by atoms with Gasteiger partial charge >= 0.3 is 0 Å². The van der Waals surface area contributed by atoms with Crippen LogP contribution in [0, 0.1) is 0 Å². The predicted octanol–water partition coefficient (Wildman–Crippen LogP) is 2.43. The van der Waals surface area contributed by atoms with E-state index in [0.29, 0.717) is 19.2 Å². The molecule has 1 aromatic carbocycles. The Morgan fingerprint density at radius 3 is 2.35 bits per heavy atom. The van der Waals surface area contributed by atoms with Gasteiger partial charge in [0.05, 0.1) is 6.61 Å². The van der Waals surface area contributed by atoms with Crippen molar-refractivity contribution in [2.24, 2.45) is 5.73 Å². The minimum Gasteiger partial charge on any atom is -0.494 e. The van der Waals surface area contributed by atoms with Crippen LogP contribution in [0.15, 0.2) is 24.3 Å². The molecule has 1 aromatic rings. The zero-order valence-corrected chi connectivity index (χ0v) is 11.1. The summed E-state index contributed by atoms with van der Waals surface area (Å²) in [5, 5.41) is 0. The Morgan fingerprint density at radius 2 is 1.88 bits per heavy atom. The highest BCUT2D eigenvalue weighted by Gasteiger charge is 2.14. The molecule has 0 aliphatic heterocycles. The first kappa shape index (κ1) is 14.0. The van der Waals surface area contributed by atoms with E-state index >= 15 is 0 Å². The average molecular weight is 236 g/mol. The molecule has 0 saturated carbocycles. The van der Waals surface area contributed by atoms with Gasteiger partial charge < -0.3 is 10.5 Å². The lowest BCUT2D eigenvalue weighted by molar-refractivity contribution is 0.250. The van der Waals surface area contributed by atoms with Crippen LogP contribution in [0.3, 0.4) is 0 Å². The standard InChI is InChI=1S/C14H24N2O/c1-4-10-16(3)14(11-15)12-6-8-13(9-7-12)17-5-2/h6-9,14H,4-5,10-11,15H2,1-3H3. The predicted molar refractivity (Wildman–Crippen MR) is 72.3 cm³/mol. The van der Waals surface area contributed by atoms with Gasteiger partial charge in [0.25, 0.3) is 0 Å². The second-order valence-electron chi connectivity index (χ2n) is 4.23. The largest absolute Gasteiger partial charge is 0.494 e. The summed E-state index contributed by atoms with van der Waals surface area (Å²) in [7, 11) is 2.12. The Bertz CT molecular complexity index is 311. The maximum atomic E-state index is 5.86. The number of benzene rings is 1. The molecular weight excluding hydrogens is 212 g/mol. The van der Waals surface area contributed by atoms with E-state index in [4.69, 9.17) is 10.5 Å². The minimum absolute atomic E-state index is 0.297. The summed E-state index contributed by atoms with van der Waals surface area (Å²) in [6.07, 6.45) is 1.14. The van der Waals surface area contributed by atoms with E-state index < -0.39 is 0 Å². The fraction of sp³-hybridized carbons (Fsp3) is 0.571. The van der Waals surface area contributed by atoms with Gasteiger partial charge in [0.15, 0.2) is 0 Å². The summed E-state index contributed by atoms with van der Waals surface area (Å²) in [6, 6.07) is 8.54. The number of nitrogens with zero attached hydrogens (tertiary/aromatic N) is 1. The lowest BCUT2D eigenvalue weighted by atomic mass is 10.1. The second kappa shape index (κ2) is 7.30. The van der Waals surface area contributed by atoms with E-state index in [2.05, 4.69) is 31.0 Å². The topological polar surface area (TPSA) is 38.5 Å². The summed E-state index contributed by atoms with van der Waals surface area (Å²) >= 11 is 0. The van der Waals surface area contributed by atoms with Gasteiger partial charge in [-0.1, -0.05) is 19.1 Å². The third-order valence-electron chi connectivity index (χ3n) is 2.91. The summed E-state index contributed by atoms with van der Waals surface area (Å²) in [5.74, 6) is 0.921. The molecule has 1 unspecified atom stereocenters. The van der Waals surface area contributed by atoms with Crippen LogP contribution in [0.5, 0.6) is 5.75 Å². The molecular formula is C14H24N2O. The van der Waals surface area contributed by atoms with Crippen molar-refractivity contribution in [1.29, 1.82) is 0 Å². The highest BCUT2D eigenvalue weighted by atomic mass is 16.5. The van der Waals surface area contributed by atoms with Crippen LogP contribution in [0.2, 0.25) is 0 Å². The van der Waals surface area contributed by atoms with Crippen LogP contribution < -0.4 is 10.5 Å². The van der Waals surface area contributed by atoms with Crippen molar-refractivity contribution in [2.75, 3.05) is 26.7 Å². The molecule has 0 amide bonds. The van der Waals surface area contributed by atoms with E-state index in [-0.39, 0.29) is 0 Å². The smallest absolute Gasteiger partial charge is 0.119 e. The van der Waals surface area contributed by atoms with Crippen LogP contribution in [0.25, 0.3) is 0 Å². The molecule has 2 N–H and O–H groups in total.